The smallest absolute Gasteiger partial charge is 0.418 e. The molecule has 32 heavy (non-hydrogen) atoms. The van der Waals surface area contributed by atoms with Gasteiger partial charge < -0.3 is 17.3 Å². The van der Waals surface area contributed by atoms with Gasteiger partial charge in [-0.3, -0.25) is 14.5 Å². The zero-order chi connectivity index (χ0) is 23.6. The van der Waals surface area contributed by atoms with Crippen molar-refractivity contribution in [3.63, 3.8) is 0 Å². The minimum Gasteiger partial charge on any atom is -0.418 e. The number of hydrogen-bond acceptors (Lipinski definition) is 5. The zero-order valence-electron chi connectivity index (χ0n) is 17.5. The number of aromatic nitrogens is 3. The Hall–Kier alpha value is -3.15. The van der Waals surface area contributed by atoms with Crippen molar-refractivity contribution < 1.29 is 31.4 Å². The summed E-state index contributed by atoms with van der Waals surface area (Å²) in [6.45, 7) is 6.45. The highest BCUT2D eigenvalue weighted by molar-refractivity contribution is 7.13. The molecule has 0 fully saturated rings. The van der Waals surface area contributed by atoms with Crippen molar-refractivity contribution in [1.82, 2.24) is 15.1 Å². The van der Waals surface area contributed by atoms with Crippen LogP contribution in [0.25, 0.3) is 5.13 Å². The normalized spacial score (nSPS) is 13.2. The van der Waals surface area contributed by atoms with Crippen molar-refractivity contribution in [2.45, 2.75) is 27.2 Å². The Kier molecular flexibility index (Phi) is 6.72. The van der Waals surface area contributed by atoms with Crippen molar-refractivity contribution in [3.05, 3.63) is 69.5 Å². The maximum absolute atomic E-state index is 12.4. The Bertz CT molecular complexity index is 1120. The molecule has 0 spiro atoms. The van der Waals surface area contributed by atoms with Gasteiger partial charge in [0.25, 0.3) is 11.8 Å². The van der Waals surface area contributed by atoms with E-state index >= 15 is 0 Å². The predicted molar refractivity (Wildman–Crippen MR) is 111 cm³/mol. The van der Waals surface area contributed by atoms with Crippen LogP contribution in [0.4, 0.5) is 17.3 Å². The van der Waals surface area contributed by atoms with Crippen LogP contribution in [0.3, 0.4) is 0 Å². The largest absolute Gasteiger partial charge is 0.673 e. The van der Waals surface area contributed by atoms with Gasteiger partial charge in [0.1, 0.15) is 11.4 Å². The van der Waals surface area contributed by atoms with Crippen molar-refractivity contribution in [1.29, 1.82) is 0 Å². The van der Waals surface area contributed by atoms with Crippen LogP contribution >= 0.6 is 11.3 Å². The second kappa shape index (κ2) is 9.15. The Morgan fingerprint density at radius 2 is 1.44 bits per heavy atom. The first kappa shape index (κ1) is 23.5. The van der Waals surface area contributed by atoms with Crippen LogP contribution in [-0.2, 0) is 6.42 Å². The molecule has 1 aromatic carbocycles. The van der Waals surface area contributed by atoms with E-state index in [1.165, 1.54) is 21.8 Å². The van der Waals surface area contributed by atoms with E-state index in [0.717, 1.165) is 21.5 Å². The lowest BCUT2D eigenvalue weighted by Crippen LogP contribution is -2.37. The standard InChI is InChI=1S/C20H19N4O2S.BF4/c1-12-10-13(2)24(14(3)11-12)20-22-21-17(27-20)8-9-23-18(25)15-6-4-5-7-16(15)19(23)26;2-1(3,4)5/h4-7,10-11H,8-9H2,1-3H3;/q+1;-1. The number of rotatable bonds is 4. The lowest BCUT2D eigenvalue weighted by atomic mass is 10.1. The molecule has 6 nitrogen and oxygen atoms in total. The second-order valence-electron chi connectivity index (χ2n) is 7.18. The molecule has 0 saturated heterocycles. The van der Waals surface area contributed by atoms with E-state index in [1.807, 2.05) is 13.8 Å². The van der Waals surface area contributed by atoms with Crippen LogP contribution in [0.5, 0.6) is 0 Å². The summed E-state index contributed by atoms with van der Waals surface area (Å²) in [5.74, 6) is -0.472. The molecule has 0 radical (unpaired) electrons. The summed E-state index contributed by atoms with van der Waals surface area (Å²) >= 11 is 1.48. The zero-order valence-corrected chi connectivity index (χ0v) is 18.3. The van der Waals surface area contributed by atoms with E-state index in [2.05, 4.69) is 33.8 Å². The lowest BCUT2D eigenvalue weighted by Gasteiger charge is -2.11. The molecule has 0 unspecified atom stereocenters. The number of hydrogen-bond donors (Lipinski definition) is 0. The molecule has 4 rings (SSSR count). The van der Waals surface area contributed by atoms with Crippen LogP contribution in [0.2, 0.25) is 0 Å². The molecule has 0 saturated carbocycles. The molecule has 1 aliphatic heterocycles. The average molecular weight is 466 g/mol. The molecular weight excluding hydrogens is 447 g/mol. The van der Waals surface area contributed by atoms with E-state index in [-0.39, 0.29) is 11.8 Å². The number of imide groups is 1. The number of aryl methyl sites for hydroxylation is 3. The van der Waals surface area contributed by atoms with Gasteiger partial charge in [0.05, 0.1) is 16.2 Å². The fraction of sp³-hybridized carbons (Fsp3) is 0.250. The Morgan fingerprint density at radius 3 is 1.94 bits per heavy atom. The Balaban J connectivity index is 0.000000523. The highest BCUT2D eigenvalue weighted by Gasteiger charge is 2.35. The highest BCUT2D eigenvalue weighted by Crippen LogP contribution is 2.23. The molecular formula is C20H19BF4N4O2S. The van der Waals surface area contributed by atoms with Gasteiger partial charge in [-0.15, -0.1) is 0 Å². The summed E-state index contributed by atoms with van der Waals surface area (Å²) in [7, 11) is -6.00. The second-order valence-corrected chi connectivity index (χ2v) is 8.22. The van der Waals surface area contributed by atoms with Gasteiger partial charge in [0, 0.05) is 13.0 Å². The number of pyridine rings is 1. The molecule has 2 amide bonds. The van der Waals surface area contributed by atoms with Crippen molar-refractivity contribution in [2.24, 2.45) is 0 Å². The molecule has 1 aliphatic rings. The molecule has 0 bridgehead atoms. The molecule has 0 atom stereocenters. The third kappa shape index (κ3) is 5.36. The van der Waals surface area contributed by atoms with Crippen LogP contribution in [0, 0.1) is 20.8 Å². The first-order valence-electron chi connectivity index (χ1n) is 9.61. The molecule has 3 heterocycles. The van der Waals surface area contributed by atoms with E-state index in [0.29, 0.717) is 24.1 Å². The first-order chi connectivity index (χ1) is 15.0. The number of carbonyl (C=O) groups is 2. The monoisotopic (exact) mass is 466 g/mol. The fourth-order valence-electron chi connectivity index (χ4n) is 3.50. The number of amides is 2. The maximum atomic E-state index is 12.4. The summed E-state index contributed by atoms with van der Waals surface area (Å²) in [6.07, 6.45) is 0.494. The third-order valence-electron chi connectivity index (χ3n) is 4.65. The molecule has 12 heteroatoms. The van der Waals surface area contributed by atoms with Gasteiger partial charge in [0.2, 0.25) is 0 Å². The Morgan fingerprint density at radius 1 is 0.938 bits per heavy atom. The van der Waals surface area contributed by atoms with Crippen LogP contribution < -0.4 is 4.57 Å². The lowest BCUT2D eigenvalue weighted by molar-refractivity contribution is -0.609. The first-order valence-corrected chi connectivity index (χ1v) is 10.4. The summed E-state index contributed by atoms with van der Waals surface area (Å²) in [4.78, 5) is 26.2. The molecule has 0 aliphatic carbocycles. The summed E-state index contributed by atoms with van der Waals surface area (Å²) in [5, 5.41) is 10.2. The van der Waals surface area contributed by atoms with Gasteiger partial charge in [-0.1, -0.05) is 12.1 Å². The van der Waals surface area contributed by atoms with Gasteiger partial charge in [-0.2, -0.15) is 4.57 Å². The van der Waals surface area contributed by atoms with E-state index < -0.39 is 7.25 Å². The minimum atomic E-state index is -6.00. The van der Waals surface area contributed by atoms with Gasteiger partial charge >= 0.3 is 12.4 Å². The predicted octanol–water partition coefficient (Wildman–Crippen LogP) is 3.88. The van der Waals surface area contributed by atoms with E-state index in [4.69, 9.17) is 0 Å². The molecule has 168 valence electrons. The van der Waals surface area contributed by atoms with Crippen molar-refractivity contribution in [2.75, 3.05) is 6.54 Å². The average Bonchev–Trinajstić information content (AvgIpc) is 3.22. The number of benzene rings is 1. The van der Waals surface area contributed by atoms with Crippen LogP contribution in [-0.4, -0.2) is 40.7 Å². The minimum absolute atomic E-state index is 0.236. The molecule has 2 aromatic heterocycles. The number of fused-ring (bicyclic) bond motifs is 1. The fourth-order valence-corrected chi connectivity index (χ4v) is 4.44. The molecule has 3 aromatic rings. The SMILES string of the molecule is Cc1cc(C)[n+](-c2nnc(CCN3C(=O)c4ccccc4C3=O)s2)c(C)c1.F[B-](F)(F)F. The highest BCUT2D eigenvalue weighted by atomic mass is 32.1. The van der Waals surface area contributed by atoms with Gasteiger partial charge in [0.15, 0.2) is 5.01 Å². The van der Waals surface area contributed by atoms with E-state index in [9.17, 15) is 26.9 Å². The van der Waals surface area contributed by atoms with Crippen LogP contribution in [0.15, 0.2) is 36.4 Å². The van der Waals surface area contributed by atoms with Crippen molar-refractivity contribution in [3.8, 4) is 5.13 Å². The number of halogens is 4. The molecule has 0 N–H and O–H groups in total. The van der Waals surface area contributed by atoms with Gasteiger partial charge in [-0.25, -0.2) is 0 Å². The summed E-state index contributed by atoms with van der Waals surface area (Å²) in [5.41, 5.74) is 4.34. The summed E-state index contributed by atoms with van der Waals surface area (Å²) in [6, 6.07) is 11.1. The van der Waals surface area contributed by atoms with E-state index in [1.54, 1.807) is 24.3 Å². The van der Waals surface area contributed by atoms with Gasteiger partial charge in [-0.05, 0) is 67.0 Å². The third-order valence-corrected chi connectivity index (χ3v) is 5.62. The van der Waals surface area contributed by atoms with Crippen LogP contribution in [0.1, 0.15) is 42.7 Å². The maximum Gasteiger partial charge on any atom is 0.673 e. The quantitative estimate of drug-likeness (QED) is 0.254. The number of nitrogens with zero attached hydrogens (tertiary/aromatic N) is 4. The van der Waals surface area contributed by atoms with Crippen molar-refractivity contribution >= 4 is 30.4 Å². The summed E-state index contributed by atoms with van der Waals surface area (Å²) < 4.78 is 41.1. The topological polar surface area (TPSA) is 67.0 Å². The Labute approximate surface area is 185 Å². The number of carbonyl (C=O) groups excluding carboxylic acids is 2.